The molecular weight excluding hydrogens is 318 g/mol. The number of amides is 1. The van der Waals surface area contributed by atoms with E-state index in [1.807, 2.05) is 12.1 Å². The minimum absolute atomic E-state index is 0.210. The molecule has 23 heavy (non-hydrogen) atoms. The minimum Gasteiger partial charge on any atom is -0.358 e. The van der Waals surface area contributed by atoms with Crippen molar-refractivity contribution in [2.45, 2.75) is 19.3 Å². The van der Waals surface area contributed by atoms with Crippen LogP contribution in [0.5, 0.6) is 0 Å². The average Bonchev–Trinajstić information content (AvgIpc) is 2.76. The molecule has 7 heteroatoms. The van der Waals surface area contributed by atoms with Crippen LogP contribution in [0.15, 0.2) is 36.5 Å². The van der Waals surface area contributed by atoms with Gasteiger partial charge in [-0.15, -0.1) is 0 Å². The highest BCUT2D eigenvalue weighted by molar-refractivity contribution is 6.30. The fraction of sp³-hybridized carbons (Fsp3) is 0.250. The van der Waals surface area contributed by atoms with Gasteiger partial charge in [-0.1, -0.05) is 11.6 Å². The van der Waals surface area contributed by atoms with Gasteiger partial charge in [-0.25, -0.2) is 0 Å². The Balaban J connectivity index is 1.94. The van der Waals surface area contributed by atoms with Crippen molar-refractivity contribution in [2.75, 3.05) is 11.4 Å². The predicted octanol–water partition coefficient (Wildman–Crippen LogP) is 3.63. The normalized spacial score (nSPS) is 14.0. The summed E-state index contributed by atoms with van der Waals surface area (Å²) in [4.78, 5) is 28.3. The Kier molecular flexibility index (Phi) is 4.25. The molecule has 1 aliphatic heterocycles. The van der Waals surface area contributed by atoms with E-state index < -0.39 is 4.92 Å². The Labute approximate surface area is 137 Å². The van der Waals surface area contributed by atoms with Crippen molar-refractivity contribution in [3.63, 3.8) is 0 Å². The highest BCUT2D eigenvalue weighted by Gasteiger charge is 2.24. The van der Waals surface area contributed by atoms with Crippen LogP contribution in [0.4, 0.5) is 11.5 Å². The van der Waals surface area contributed by atoms with Gasteiger partial charge in [0, 0.05) is 23.3 Å². The Bertz CT molecular complexity index is 762. The highest BCUT2D eigenvalue weighted by Crippen LogP contribution is 2.30. The second kappa shape index (κ2) is 6.34. The Morgan fingerprint density at radius 2 is 2.09 bits per heavy atom. The zero-order valence-corrected chi connectivity index (χ0v) is 13.0. The third-order valence-electron chi connectivity index (χ3n) is 3.84. The summed E-state index contributed by atoms with van der Waals surface area (Å²) in [5, 5.41) is 11.3. The van der Waals surface area contributed by atoms with Crippen LogP contribution in [0.1, 0.15) is 28.8 Å². The lowest BCUT2D eigenvalue weighted by Gasteiger charge is -2.22. The number of benzene rings is 1. The van der Waals surface area contributed by atoms with Gasteiger partial charge in [0.2, 0.25) is 0 Å². The summed E-state index contributed by atoms with van der Waals surface area (Å²) in [7, 11) is 0. The summed E-state index contributed by atoms with van der Waals surface area (Å²) in [6, 6.07) is 8.18. The van der Waals surface area contributed by atoms with E-state index in [0.717, 1.165) is 30.5 Å². The molecule has 0 radical (unpaired) electrons. The zero-order valence-electron chi connectivity index (χ0n) is 12.2. The van der Waals surface area contributed by atoms with E-state index in [1.165, 1.54) is 18.3 Å². The van der Waals surface area contributed by atoms with E-state index in [2.05, 4.69) is 4.98 Å². The van der Waals surface area contributed by atoms with Gasteiger partial charge < -0.3 is 15.0 Å². The van der Waals surface area contributed by atoms with E-state index in [4.69, 9.17) is 11.6 Å². The molecule has 0 N–H and O–H groups in total. The maximum Gasteiger partial charge on any atom is 0.363 e. The zero-order chi connectivity index (χ0) is 16.4. The summed E-state index contributed by atoms with van der Waals surface area (Å²) in [5.41, 5.74) is 2.21. The highest BCUT2D eigenvalue weighted by atomic mass is 35.5. The first-order valence-electron chi connectivity index (χ1n) is 7.27. The van der Waals surface area contributed by atoms with Crippen molar-refractivity contribution in [1.82, 2.24) is 4.98 Å². The van der Waals surface area contributed by atoms with Gasteiger partial charge >= 0.3 is 5.82 Å². The topological polar surface area (TPSA) is 76.3 Å². The number of halogens is 1. The third kappa shape index (κ3) is 3.17. The molecule has 0 bridgehead atoms. The first kappa shape index (κ1) is 15.4. The number of aromatic nitrogens is 1. The first-order chi connectivity index (χ1) is 11.1. The van der Waals surface area contributed by atoms with Gasteiger partial charge in [0.1, 0.15) is 0 Å². The summed E-state index contributed by atoms with van der Waals surface area (Å²) in [6.07, 6.45) is 3.99. The Morgan fingerprint density at radius 3 is 2.78 bits per heavy atom. The molecule has 3 rings (SSSR count). The number of aryl methyl sites for hydroxylation is 1. The molecule has 0 fully saturated rings. The maximum absolute atomic E-state index is 12.8. The number of fused-ring (bicyclic) bond motifs is 1. The van der Waals surface area contributed by atoms with Crippen LogP contribution in [0.2, 0.25) is 5.02 Å². The van der Waals surface area contributed by atoms with Crippen molar-refractivity contribution in [1.29, 1.82) is 0 Å². The smallest absolute Gasteiger partial charge is 0.358 e. The second-order valence-corrected chi connectivity index (χ2v) is 5.79. The van der Waals surface area contributed by atoms with Gasteiger partial charge in [-0.05, 0) is 59.0 Å². The summed E-state index contributed by atoms with van der Waals surface area (Å²) in [5.74, 6) is -0.484. The monoisotopic (exact) mass is 331 g/mol. The molecule has 2 aromatic rings. The molecule has 0 atom stereocenters. The van der Waals surface area contributed by atoms with Gasteiger partial charge in [-0.3, -0.25) is 4.79 Å². The van der Waals surface area contributed by atoms with Crippen LogP contribution in [-0.2, 0) is 6.42 Å². The number of hydrogen-bond donors (Lipinski definition) is 0. The molecule has 2 heterocycles. The summed E-state index contributed by atoms with van der Waals surface area (Å²) >= 11 is 6.04. The van der Waals surface area contributed by atoms with Crippen molar-refractivity contribution >= 4 is 29.0 Å². The molecule has 1 aromatic heterocycles. The molecule has 0 spiro atoms. The molecule has 0 saturated heterocycles. The van der Waals surface area contributed by atoms with Gasteiger partial charge in [0.05, 0.1) is 5.56 Å². The number of anilines is 1. The van der Waals surface area contributed by atoms with Crippen LogP contribution < -0.4 is 4.90 Å². The second-order valence-electron chi connectivity index (χ2n) is 5.35. The Hall–Kier alpha value is -2.47. The van der Waals surface area contributed by atoms with Crippen LogP contribution in [0.25, 0.3) is 0 Å². The quantitative estimate of drug-likeness (QED) is 0.622. The third-order valence-corrected chi connectivity index (χ3v) is 4.07. The van der Waals surface area contributed by atoms with Crippen molar-refractivity contribution < 1.29 is 9.72 Å². The van der Waals surface area contributed by atoms with Crippen molar-refractivity contribution in [3.8, 4) is 0 Å². The van der Waals surface area contributed by atoms with E-state index >= 15 is 0 Å². The first-order valence-corrected chi connectivity index (χ1v) is 7.65. The molecule has 6 nitrogen and oxygen atoms in total. The van der Waals surface area contributed by atoms with E-state index in [0.29, 0.717) is 17.1 Å². The van der Waals surface area contributed by atoms with Crippen LogP contribution in [-0.4, -0.2) is 22.4 Å². The fourth-order valence-electron chi connectivity index (χ4n) is 2.71. The van der Waals surface area contributed by atoms with Gasteiger partial charge in [0.25, 0.3) is 5.91 Å². The minimum atomic E-state index is -0.586. The fourth-order valence-corrected chi connectivity index (χ4v) is 2.91. The van der Waals surface area contributed by atoms with Crippen molar-refractivity contribution in [2.24, 2.45) is 0 Å². The van der Waals surface area contributed by atoms with Crippen LogP contribution >= 0.6 is 11.6 Å². The standard InChI is InChI=1S/C16H14ClN3O3/c17-13-5-6-14-11(9-13)3-1-2-8-19(14)16(21)12-4-7-15(18-10-12)20(22)23/h4-7,9-10H,1-3,8H2. The largest absolute Gasteiger partial charge is 0.363 e. The lowest BCUT2D eigenvalue weighted by Crippen LogP contribution is -2.31. The molecule has 0 aliphatic carbocycles. The van der Waals surface area contributed by atoms with Crippen LogP contribution in [0.3, 0.4) is 0 Å². The van der Waals surface area contributed by atoms with Gasteiger partial charge in [-0.2, -0.15) is 0 Å². The van der Waals surface area contributed by atoms with E-state index in [9.17, 15) is 14.9 Å². The predicted molar refractivity (Wildman–Crippen MR) is 87.0 cm³/mol. The lowest BCUT2D eigenvalue weighted by molar-refractivity contribution is -0.389. The number of hydrogen-bond acceptors (Lipinski definition) is 4. The lowest BCUT2D eigenvalue weighted by atomic mass is 10.1. The molecule has 1 aliphatic rings. The molecule has 1 aromatic carbocycles. The Morgan fingerprint density at radius 1 is 1.26 bits per heavy atom. The maximum atomic E-state index is 12.8. The van der Waals surface area contributed by atoms with Gasteiger partial charge in [0.15, 0.2) is 6.20 Å². The molecule has 0 unspecified atom stereocenters. The van der Waals surface area contributed by atoms with Crippen LogP contribution in [0, 0.1) is 10.1 Å². The molecular formula is C16H14ClN3O3. The van der Waals surface area contributed by atoms with E-state index in [-0.39, 0.29) is 11.7 Å². The number of pyridine rings is 1. The number of carbonyl (C=O) groups is 1. The number of nitrogens with zero attached hydrogens (tertiary/aromatic N) is 3. The van der Waals surface area contributed by atoms with E-state index in [1.54, 1.807) is 11.0 Å². The average molecular weight is 332 g/mol. The molecule has 1 amide bonds. The molecule has 118 valence electrons. The number of carbonyl (C=O) groups excluding carboxylic acids is 1. The SMILES string of the molecule is O=C(c1ccc([N+](=O)[O-])nc1)N1CCCCc2cc(Cl)ccc21. The number of nitro groups is 1. The number of rotatable bonds is 2. The van der Waals surface area contributed by atoms with Crippen molar-refractivity contribution in [3.05, 3.63) is 62.8 Å². The summed E-state index contributed by atoms with van der Waals surface area (Å²) in [6.45, 7) is 0.602. The molecule has 0 saturated carbocycles. The summed E-state index contributed by atoms with van der Waals surface area (Å²) < 4.78 is 0.